The lowest BCUT2D eigenvalue weighted by atomic mass is 10.2. The topological polar surface area (TPSA) is 95.5 Å². The Hall–Kier alpha value is -2.80. The van der Waals surface area contributed by atoms with Gasteiger partial charge in [-0.05, 0) is 36.4 Å². The summed E-state index contributed by atoms with van der Waals surface area (Å²) < 4.78 is 0. The van der Waals surface area contributed by atoms with E-state index in [1.54, 1.807) is 24.3 Å². The van der Waals surface area contributed by atoms with Crippen molar-refractivity contribution in [3.05, 3.63) is 54.6 Å². The van der Waals surface area contributed by atoms with Crippen molar-refractivity contribution in [2.45, 2.75) is 17.7 Å². The molecule has 2 amide bonds. The van der Waals surface area contributed by atoms with Crippen molar-refractivity contribution in [2.24, 2.45) is 0 Å². The SMILES string of the molecule is O=C(O)CCC(=O)Nc1ccc(SCC(=O)Nc2ccccc2)cc1. The number of hydrogen-bond acceptors (Lipinski definition) is 4. The van der Waals surface area contributed by atoms with Crippen LogP contribution in [0.2, 0.25) is 0 Å². The Bertz CT molecular complexity index is 733. The van der Waals surface area contributed by atoms with Crippen LogP contribution in [0.1, 0.15) is 12.8 Å². The summed E-state index contributed by atoms with van der Waals surface area (Å²) in [5, 5.41) is 14.0. The van der Waals surface area contributed by atoms with Crippen molar-refractivity contribution in [3.8, 4) is 0 Å². The first-order chi connectivity index (χ1) is 12.0. The zero-order chi connectivity index (χ0) is 18.1. The minimum absolute atomic E-state index is 0.0640. The lowest BCUT2D eigenvalue weighted by Gasteiger charge is -2.07. The first kappa shape index (κ1) is 18.5. The molecule has 0 radical (unpaired) electrons. The first-order valence-electron chi connectivity index (χ1n) is 7.62. The molecule has 0 saturated heterocycles. The number of para-hydroxylation sites is 1. The van der Waals surface area contributed by atoms with E-state index in [9.17, 15) is 14.4 Å². The zero-order valence-corrected chi connectivity index (χ0v) is 14.2. The van der Waals surface area contributed by atoms with Crippen LogP contribution < -0.4 is 10.6 Å². The summed E-state index contributed by atoms with van der Waals surface area (Å²) >= 11 is 1.39. The van der Waals surface area contributed by atoms with Crippen LogP contribution in [0.5, 0.6) is 0 Å². The van der Waals surface area contributed by atoms with Crippen molar-refractivity contribution in [3.63, 3.8) is 0 Å². The van der Waals surface area contributed by atoms with Gasteiger partial charge in [-0.1, -0.05) is 18.2 Å². The molecule has 0 bridgehead atoms. The van der Waals surface area contributed by atoms with Gasteiger partial charge in [-0.15, -0.1) is 11.8 Å². The summed E-state index contributed by atoms with van der Waals surface area (Å²) in [5.74, 6) is -1.16. The van der Waals surface area contributed by atoms with E-state index >= 15 is 0 Å². The van der Waals surface area contributed by atoms with Gasteiger partial charge in [-0.3, -0.25) is 14.4 Å². The fourth-order valence-electron chi connectivity index (χ4n) is 1.95. The van der Waals surface area contributed by atoms with Gasteiger partial charge in [-0.25, -0.2) is 0 Å². The van der Waals surface area contributed by atoms with Crippen LogP contribution >= 0.6 is 11.8 Å². The van der Waals surface area contributed by atoms with E-state index in [1.165, 1.54) is 11.8 Å². The van der Waals surface area contributed by atoms with Gasteiger partial charge in [0.2, 0.25) is 11.8 Å². The Morgan fingerprint density at radius 1 is 0.800 bits per heavy atom. The van der Waals surface area contributed by atoms with Crippen LogP contribution in [0.3, 0.4) is 0 Å². The molecule has 0 aliphatic heterocycles. The minimum atomic E-state index is -1.00. The number of aliphatic carboxylic acids is 1. The monoisotopic (exact) mass is 358 g/mol. The molecule has 0 fully saturated rings. The highest BCUT2D eigenvalue weighted by atomic mass is 32.2. The predicted molar refractivity (Wildman–Crippen MR) is 97.7 cm³/mol. The quantitative estimate of drug-likeness (QED) is 0.630. The van der Waals surface area contributed by atoms with Crippen molar-refractivity contribution in [1.82, 2.24) is 0 Å². The maximum Gasteiger partial charge on any atom is 0.303 e. The number of carboxylic acid groups (broad SMARTS) is 1. The number of anilines is 2. The molecule has 3 N–H and O–H groups in total. The molecule has 0 aromatic heterocycles. The second kappa shape index (κ2) is 9.48. The van der Waals surface area contributed by atoms with Gasteiger partial charge in [0.1, 0.15) is 0 Å². The van der Waals surface area contributed by atoms with Gasteiger partial charge in [-0.2, -0.15) is 0 Å². The van der Waals surface area contributed by atoms with Crippen LogP contribution in [-0.2, 0) is 14.4 Å². The standard InChI is InChI=1S/C18H18N2O4S/c21-16(10-11-18(23)24)19-14-6-8-15(9-7-14)25-12-17(22)20-13-4-2-1-3-5-13/h1-9H,10-12H2,(H,19,21)(H,20,22)(H,23,24). The number of carboxylic acids is 1. The Morgan fingerprint density at radius 2 is 1.40 bits per heavy atom. The molecule has 0 atom stereocenters. The van der Waals surface area contributed by atoms with Crippen LogP contribution in [0.15, 0.2) is 59.5 Å². The number of carbonyl (C=O) groups is 3. The highest BCUT2D eigenvalue weighted by Crippen LogP contribution is 2.21. The lowest BCUT2D eigenvalue weighted by molar-refractivity contribution is -0.138. The maximum absolute atomic E-state index is 11.9. The molecule has 0 unspecified atom stereocenters. The molecule has 2 aromatic rings. The number of benzene rings is 2. The minimum Gasteiger partial charge on any atom is -0.481 e. The summed E-state index contributed by atoms with van der Waals surface area (Å²) in [6, 6.07) is 16.3. The highest BCUT2D eigenvalue weighted by molar-refractivity contribution is 8.00. The Morgan fingerprint density at radius 3 is 2.04 bits per heavy atom. The number of hydrogen-bond donors (Lipinski definition) is 3. The van der Waals surface area contributed by atoms with E-state index in [0.29, 0.717) is 5.69 Å². The van der Waals surface area contributed by atoms with Crippen molar-refractivity contribution < 1.29 is 19.5 Å². The molecule has 6 nitrogen and oxygen atoms in total. The Kier molecular flexibility index (Phi) is 7.03. The predicted octanol–water partition coefficient (Wildman–Crippen LogP) is 3.22. The number of thioether (sulfide) groups is 1. The van der Waals surface area contributed by atoms with Gasteiger partial charge >= 0.3 is 5.97 Å². The van der Waals surface area contributed by atoms with Crippen LogP contribution in [0.4, 0.5) is 11.4 Å². The van der Waals surface area contributed by atoms with Gasteiger partial charge in [0.25, 0.3) is 0 Å². The fourth-order valence-corrected chi connectivity index (χ4v) is 2.64. The second-order valence-corrected chi connectivity index (χ2v) is 6.22. The summed E-state index contributed by atoms with van der Waals surface area (Å²) in [7, 11) is 0. The van der Waals surface area contributed by atoms with Gasteiger partial charge < -0.3 is 15.7 Å². The lowest BCUT2D eigenvalue weighted by Crippen LogP contribution is -2.14. The third-order valence-corrected chi connectivity index (χ3v) is 4.14. The van der Waals surface area contributed by atoms with Crippen LogP contribution in [0.25, 0.3) is 0 Å². The van der Waals surface area contributed by atoms with E-state index < -0.39 is 5.97 Å². The second-order valence-electron chi connectivity index (χ2n) is 5.17. The molecule has 7 heteroatoms. The number of nitrogens with one attached hydrogen (secondary N) is 2. The molecule has 2 rings (SSSR count). The van der Waals surface area contributed by atoms with E-state index in [1.807, 2.05) is 30.3 Å². The van der Waals surface area contributed by atoms with E-state index in [2.05, 4.69) is 10.6 Å². The number of amides is 2. The number of rotatable bonds is 8. The summed E-state index contributed by atoms with van der Waals surface area (Å²) in [5.41, 5.74) is 1.35. The third-order valence-electron chi connectivity index (χ3n) is 3.13. The van der Waals surface area contributed by atoms with Crippen molar-refractivity contribution in [2.75, 3.05) is 16.4 Å². The van der Waals surface area contributed by atoms with Crippen molar-refractivity contribution in [1.29, 1.82) is 0 Å². The molecule has 0 aliphatic carbocycles. The average Bonchev–Trinajstić information content (AvgIpc) is 2.60. The summed E-state index contributed by atoms with van der Waals surface area (Å²) in [6.07, 6.45) is -0.262. The molecular formula is C18H18N2O4S. The third kappa shape index (κ3) is 7.09. The smallest absolute Gasteiger partial charge is 0.303 e. The summed E-state index contributed by atoms with van der Waals surface area (Å²) in [4.78, 5) is 34.8. The first-order valence-corrected chi connectivity index (χ1v) is 8.61. The molecule has 0 aliphatic rings. The molecule has 130 valence electrons. The molecule has 0 heterocycles. The van der Waals surface area contributed by atoms with E-state index in [4.69, 9.17) is 5.11 Å². The Labute approximate surface area is 149 Å². The van der Waals surface area contributed by atoms with Gasteiger partial charge in [0.05, 0.1) is 12.2 Å². The Balaban J connectivity index is 1.77. The van der Waals surface area contributed by atoms with E-state index in [-0.39, 0.29) is 30.4 Å². The number of carbonyl (C=O) groups excluding carboxylic acids is 2. The largest absolute Gasteiger partial charge is 0.481 e. The molecule has 25 heavy (non-hydrogen) atoms. The maximum atomic E-state index is 11.9. The fraction of sp³-hybridized carbons (Fsp3) is 0.167. The van der Waals surface area contributed by atoms with Gasteiger partial charge in [0.15, 0.2) is 0 Å². The van der Waals surface area contributed by atoms with Crippen LogP contribution in [0, 0.1) is 0 Å². The van der Waals surface area contributed by atoms with Gasteiger partial charge in [0, 0.05) is 22.7 Å². The highest BCUT2D eigenvalue weighted by Gasteiger charge is 2.07. The molecular weight excluding hydrogens is 340 g/mol. The molecule has 2 aromatic carbocycles. The zero-order valence-electron chi connectivity index (χ0n) is 13.4. The van der Waals surface area contributed by atoms with Crippen LogP contribution in [-0.4, -0.2) is 28.6 Å². The average molecular weight is 358 g/mol. The summed E-state index contributed by atoms with van der Waals surface area (Å²) in [6.45, 7) is 0. The molecule has 0 spiro atoms. The van der Waals surface area contributed by atoms with Crippen molar-refractivity contribution >= 4 is 40.9 Å². The molecule has 0 saturated carbocycles. The van der Waals surface area contributed by atoms with E-state index in [0.717, 1.165) is 10.6 Å². The normalized spacial score (nSPS) is 10.1.